The van der Waals surface area contributed by atoms with Crippen LogP contribution in [0.5, 0.6) is 17.2 Å². The highest BCUT2D eigenvalue weighted by molar-refractivity contribution is 5.89. The SMILES string of the molecule is COc1cc(CC=O)c(-c2cc3ccccc3[nH]2)c(OC)c1OC. The van der Waals surface area contributed by atoms with E-state index in [1.807, 2.05) is 36.4 Å². The Morgan fingerprint density at radius 2 is 1.75 bits per heavy atom. The second-order valence-electron chi connectivity index (χ2n) is 5.32. The molecule has 0 spiro atoms. The summed E-state index contributed by atoms with van der Waals surface area (Å²) in [5.74, 6) is 1.58. The van der Waals surface area contributed by atoms with Crippen molar-refractivity contribution in [2.45, 2.75) is 6.42 Å². The average Bonchev–Trinajstić information content (AvgIpc) is 3.04. The molecule has 1 aromatic heterocycles. The smallest absolute Gasteiger partial charge is 0.203 e. The molecule has 2 aromatic carbocycles. The quantitative estimate of drug-likeness (QED) is 0.704. The molecule has 0 saturated heterocycles. The van der Waals surface area contributed by atoms with Gasteiger partial charge in [0, 0.05) is 22.9 Å². The van der Waals surface area contributed by atoms with Gasteiger partial charge in [0.2, 0.25) is 5.75 Å². The third-order valence-corrected chi connectivity index (χ3v) is 4.01. The van der Waals surface area contributed by atoms with Gasteiger partial charge < -0.3 is 24.0 Å². The molecule has 0 bridgehead atoms. The van der Waals surface area contributed by atoms with Gasteiger partial charge in [-0.2, -0.15) is 0 Å². The molecule has 3 aromatic rings. The average molecular weight is 325 g/mol. The zero-order valence-electron chi connectivity index (χ0n) is 13.9. The van der Waals surface area contributed by atoms with Crippen molar-refractivity contribution in [3.63, 3.8) is 0 Å². The zero-order valence-corrected chi connectivity index (χ0v) is 13.9. The number of nitrogens with one attached hydrogen (secondary N) is 1. The van der Waals surface area contributed by atoms with Gasteiger partial charge in [-0.3, -0.25) is 0 Å². The van der Waals surface area contributed by atoms with Crippen LogP contribution < -0.4 is 14.2 Å². The van der Waals surface area contributed by atoms with Crippen molar-refractivity contribution in [3.8, 4) is 28.5 Å². The number of carbonyl (C=O) groups excluding carboxylic acids is 1. The van der Waals surface area contributed by atoms with Gasteiger partial charge in [0.25, 0.3) is 0 Å². The first-order valence-electron chi connectivity index (χ1n) is 7.57. The van der Waals surface area contributed by atoms with E-state index in [-0.39, 0.29) is 6.42 Å². The largest absolute Gasteiger partial charge is 0.493 e. The number of benzene rings is 2. The van der Waals surface area contributed by atoms with Gasteiger partial charge in [0.05, 0.1) is 27.0 Å². The number of fused-ring (bicyclic) bond motifs is 1. The predicted octanol–water partition coefficient (Wildman–Crippen LogP) is 3.60. The summed E-state index contributed by atoms with van der Waals surface area (Å²) in [5.41, 5.74) is 3.50. The van der Waals surface area contributed by atoms with Crippen LogP contribution in [0.4, 0.5) is 0 Å². The van der Waals surface area contributed by atoms with Crippen LogP contribution in [-0.2, 0) is 11.2 Å². The Balaban J connectivity index is 2.32. The highest BCUT2D eigenvalue weighted by Crippen LogP contribution is 2.47. The van der Waals surface area contributed by atoms with E-state index in [1.54, 1.807) is 21.3 Å². The van der Waals surface area contributed by atoms with Crippen LogP contribution in [-0.4, -0.2) is 32.6 Å². The second kappa shape index (κ2) is 6.66. The van der Waals surface area contributed by atoms with E-state index in [4.69, 9.17) is 14.2 Å². The number of hydrogen-bond acceptors (Lipinski definition) is 4. The molecular weight excluding hydrogens is 306 g/mol. The minimum atomic E-state index is 0.251. The number of carbonyl (C=O) groups is 1. The lowest BCUT2D eigenvalue weighted by atomic mass is 9.99. The molecule has 3 rings (SSSR count). The van der Waals surface area contributed by atoms with Crippen LogP contribution in [0.3, 0.4) is 0 Å². The van der Waals surface area contributed by atoms with Crippen molar-refractivity contribution in [2.24, 2.45) is 0 Å². The van der Waals surface area contributed by atoms with Gasteiger partial charge in [0.15, 0.2) is 11.5 Å². The molecule has 0 amide bonds. The van der Waals surface area contributed by atoms with Gasteiger partial charge in [-0.1, -0.05) is 18.2 Å². The van der Waals surface area contributed by atoms with Gasteiger partial charge in [-0.15, -0.1) is 0 Å². The van der Waals surface area contributed by atoms with E-state index in [9.17, 15) is 4.79 Å². The maximum atomic E-state index is 11.2. The van der Waals surface area contributed by atoms with Crippen LogP contribution in [0, 0.1) is 0 Å². The molecule has 24 heavy (non-hydrogen) atoms. The predicted molar refractivity (Wildman–Crippen MR) is 93.2 cm³/mol. The number of aromatic nitrogens is 1. The first kappa shape index (κ1) is 15.9. The summed E-state index contributed by atoms with van der Waals surface area (Å²) in [4.78, 5) is 14.5. The highest BCUT2D eigenvalue weighted by atomic mass is 16.5. The fourth-order valence-corrected chi connectivity index (χ4v) is 2.96. The first-order chi connectivity index (χ1) is 11.7. The number of methoxy groups -OCH3 is 3. The number of aromatic amines is 1. The molecule has 0 unspecified atom stereocenters. The van der Waals surface area contributed by atoms with Gasteiger partial charge >= 0.3 is 0 Å². The summed E-state index contributed by atoms with van der Waals surface area (Å²) in [6, 6.07) is 11.8. The van der Waals surface area contributed by atoms with Crippen molar-refractivity contribution in [3.05, 3.63) is 42.0 Å². The lowest BCUT2D eigenvalue weighted by molar-refractivity contribution is -0.107. The fourth-order valence-electron chi connectivity index (χ4n) is 2.96. The molecule has 124 valence electrons. The van der Waals surface area contributed by atoms with E-state index in [2.05, 4.69) is 4.98 Å². The van der Waals surface area contributed by atoms with Crippen molar-refractivity contribution in [2.75, 3.05) is 21.3 Å². The lowest BCUT2D eigenvalue weighted by Gasteiger charge is -2.18. The molecule has 0 aliphatic carbocycles. The normalized spacial score (nSPS) is 10.6. The Hall–Kier alpha value is -2.95. The topological polar surface area (TPSA) is 60.6 Å². The molecule has 0 fully saturated rings. The Morgan fingerprint density at radius 1 is 1.00 bits per heavy atom. The number of hydrogen-bond donors (Lipinski definition) is 1. The van der Waals surface area contributed by atoms with Crippen molar-refractivity contribution < 1.29 is 19.0 Å². The standard InChI is InChI=1S/C19H19NO4/c1-22-16-11-13(8-9-21)17(19(24-3)18(16)23-2)15-10-12-6-4-5-7-14(12)20-15/h4-7,9-11,20H,8H2,1-3H3. The van der Waals surface area contributed by atoms with Crippen LogP contribution in [0.1, 0.15) is 5.56 Å². The number of para-hydroxylation sites is 1. The van der Waals surface area contributed by atoms with Gasteiger partial charge in [0.1, 0.15) is 6.29 Å². The Labute approximate surface area is 140 Å². The summed E-state index contributed by atoms with van der Waals surface area (Å²) < 4.78 is 16.5. The van der Waals surface area contributed by atoms with E-state index < -0.39 is 0 Å². The monoisotopic (exact) mass is 325 g/mol. The number of H-pyrrole nitrogens is 1. The molecule has 0 aliphatic heterocycles. The minimum Gasteiger partial charge on any atom is -0.493 e. The fraction of sp³-hybridized carbons (Fsp3) is 0.211. The number of aldehydes is 1. The summed E-state index contributed by atoms with van der Waals surface area (Å²) >= 11 is 0. The molecular formula is C19H19NO4. The number of ether oxygens (including phenoxy) is 3. The Bertz CT molecular complexity index is 849. The molecule has 5 heteroatoms. The van der Waals surface area contributed by atoms with E-state index in [1.165, 1.54) is 0 Å². The molecule has 1 heterocycles. The van der Waals surface area contributed by atoms with Gasteiger partial charge in [-0.25, -0.2) is 0 Å². The molecule has 1 N–H and O–H groups in total. The third kappa shape index (κ3) is 2.58. The van der Waals surface area contributed by atoms with E-state index in [0.717, 1.165) is 34.0 Å². The van der Waals surface area contributed by atoms with E-state index >= 15 is 0 Å². The molecule has 0 atom stereocenters. The Morgan fingerprint density at radius 3 is 2.38 bits per heavy atom. The summed E-state index contributed by atoms with van der Waals surface area (Å²) in [6.45, 7) is 0. The van der Waals surface area contributed by atoms with Crippen LogP contribution in [0.15, 0.2) is 36.4 Å². The van der Waals surface area contributed by atoms with Crippen LogP contribution in [0.2, 0.25) is 0 Å². The zero-order chi connectivity index (χ0) is 17.1. The maximum Gasteiger partial charge on any atom is 0.203 e. The van der Waals surface area contributed by atoms with Gasteiger partial charge in [-0.05, 0) is 23.8 Å². The summed E-state index contributed by atoms with van der Waals surface area (Å²) in [5, 5.41) is 1.08. The van der Waals surface area contributed by atoms with E-state index in [0.29, 0.717) is 17.2 Å². The maximum absolute atomic E-state index is 11.2. The van der Waals surface area contributed by atoms with Crippen molar-refractivity contribution in [1.29, 1.82) is 0 Å². The highest BCUT2D eigenvalue weighted by Gasteiger charge is 2.22. The molecule has 0 saturated carbocycles. The lowest BCUT2D eigenvalue weighted by Crippen LogP contribution is -2.01. The first-order valence-corrected chi connectivity index (χ1v) is 7.57. The molecule has 5 nitrogen and oxygen atoms in total. The van der Waals surface area contributed by atoms with Crippen LogP contribution >= 0.6 is 0 Å². The third-order valence-electron chi connectivity index (χ3n) is 4.01. The second-order valence-corrected chi connectivity index (χ2v) is 5.32. The van der Waals surface area contributed by atoms with Crippen molar-refractivity contribution in [1.82, 2.24) is 4.98 Å². The van der Waals surface area contributed by atoms with Crippen molar-refractivity contribution >= 4 is 17.2 Å². The summed E-state index contributed by atoms with van der Waals surface area (Å²) in [7, 11) is 4.70. The molecule has 0 aliphatic rings. The minimum absolute atomic E-state index is 0.251. The molecule has 0 radical (unpaired) electrons. The number of rotatable bonds is 6. The van der Waals surface area contributed by atoms with Crippen LogP contribution in [0.25, 0.3) is 22.2 Å². The Kier molecular flexibility index (Phi) is 4.42. The summed E-state index contributed by atoms with van der Waals surface area (Å²) in [6.07, 6.45) is 1.12.